The van der Waals surface area contributed by atoms with Gasteiger partial charge in [-0.2, -0.15) is 0 Å². The summed E-state index contributed by atoms with van der Waals surface area (Å²) in [5, 5.41) is 3.59. The largest absolute Gasteiger partial charge is 0.478 e. The fourth-order valence-corrected chi connectivity index (χ4v) is 2.78. The molecule has 122 valence electrons. The average Bonchev–Trinajstić information content (AvgIpc) is 2.47. The van der Waals surface area contributed by atoms with E-state index in [2.05, 4.69) is 34.0 Å². The number of aryl methyl sites for hydroxylation is 2. The molecule has 0 aromatic heterocycles. The number of rotatable bonds is 4. The molecule has 1 amide bonds. The molecule has 0 aliphatic heterocycles. The van der Waals surface area contributed by atoms with Crippen molar-refractivity contribution in [2.24, 2.45) is 0 Å². The molecule has 0 radical (unpaired) electrons. The first-order valence-electron chi connectivity index (χ1n) is 7.22. The zero-order valence-corrected chi connectivity index (χ0v) is 16.4. The summed E-state index contributed by atoms with van der Waals surface area (Å²) >= 11 is 8.15. The van der Waals surface area contributed by atoms with Crippen LogP contribution in [0.5, 0.6) is 5.75 Å². The Kier molecular flexibility index (Phi) is 5.57. The Morgan fingerprint density at radius 1 is 1.13 bits per heavy atom. The number of ether oxygens (including phenoxy) is 1. The quantitative estimate of drug-likeness (QED) is 0.646. The van der Waals surface area contributed by atoms with Gasteiger partial charge in [-0.3, -0.25) is 4.79 Å². The van der Waals surface area contributed by atoms with Gasteiger partial charge in [-0.1, -0.05) is 11.6 Å². The van der Waals surface area contributed by atoms with Crippen molar-refractivity contribution in [2.45, 2.75) is 33.3 Å². The van der Waals surface area contributed by atoms with Gasteiger partial charge in [-0.15, -0.1) is 0 Å². The summed E-state index contributed by atoms with van der Waals surface area (Å²) < 4.78 is 6.99. The van der Waals surface area contributed by atoms with Crippen LogP contribution in [0.4, 0.5) is 5.69 Å². The number of nitrogens with one attached hydrogen (secondary N) is 1. The van der Waals surface area contributed by atoms with Crippen molar-refractivity contribution in [1.29, 1.82) is 0 Å². The topological polar surface area (TPSA) is 38.3 Å². The molecule has 2 rings (SSSR count). The minimum Gasteiger partial charge on any atom is -0.478 e. The van der Waals surface area contributed by atoms with Crippen LogP contribution < -0.4 is 10.1 Å². The predicted molar refractivity (Wildman–Crippen MR) is 103 cm³/mol. The second kappa shape index (κ2) is 7.09. The van der Waals surface area contributed by atoms with E-state index in [0.29, 0.717) is 10.8 Å². The van der Waals surface area contributed by atoms with Gasteiger partial charge in [0.25, 0.3) is 5.91 Å². The summed E-state index contributed by atoms with van der Waals surface area (Å²) in [6, 6.07) is 11.0. The Bertz CT molecular complexity index is 727. The molecule has 0 atom stereocenters. The molecule has 23 heavy (non-hydrogen) atoms. The van der Waals surface area contributed by atoms with E-state index in [0.717, 1.165) is 16.8 Å². The number of halogens is 2. The van der Waals surface area contributed by atoms with Gasteiger partial charge in [0.05, 0.1) is 0 Å². The van der Waals surface area contributed by atoms with Crippen LogP contribution in [-0.4, -0.2) is 11.5 Å². The predicted octanol–water partition coefficient (Wildman–Crippen LogP) is 5.36. The molecule has 0 unspecified atom stereocenters. The molecule has 2 aromatic carbocycles. The minimum atomic E-state index is -1.00. The summed E-state index contributed by atoms with van der Waals surface area (Å²) in [4.78, 5) is 12.6. The summed E-state index contributed by atoms with van der Waals surface area (Å²) in [6.07, 6.45) is 0. The number of benzene rings is 2. The molecule has 3 nitrogen and oxygen atoms in total. The van der Waals surface area contributed by atoms with Crippen molar-refractivity contribution in [3.05, 3.63) is 56.1 Å². The maximum Gasteiger partial charge on any atom is 0.267 e. The number of carbonyl (C=O) groups excluding carboxylic acids is 1. The number of hydrogen-bond donors (Lipinski definition) is 1. The molecule has 2 aromatic rings. The SMILES string of the molecule is Cc1cc(NC(=O)C(C)(C)Oc2ccc(Cl)cc2)c(C)cc1I. The van der Waals surface area contributed by atoms with Crippen molar-refractivity contribution in [2.75, 3.05) is 5.32 Å². The van der Waals surface area contributed by atoms with E-state index in [1.807, 2.05) is 19.9 Å². The fourth-order valence-electron chi connectivity index (χ4n) is 2.03. The van der Waals surface area contributed by atoms with E-state index in [9.17, 15) is 4.79 Å². The van der Waals surface area contributed by atoms with Crippen LogP contribution in [0.1, 0.15) is 25.0 Å². The Hall–Kier alpha value is -1.27. The van der Waals surface area contributed by atoms with E-state index < -0.39 is 5.60 Å². The van der Waals surface area contributed by atoms with E-state index in [4.69, 9.17) is 16.3 Å². The molecule has 0 heterocycles. The summed E-state index contributed by atoms with van der Waals surface area (Å²) in [6.45, 7) is 7.48. The molecule has 0 bridgehead atoms. The first kappa shape index (κ1) is 18.1. The second-order valence-corrected chi connectivity index (χ2v) is 7.54. The lowest BCUT2D eigenvalue weighted by molar-refractivity contribution is -0.128. The molecule has 1 N–H and O–H groups in total. The van der Waals surface area contributed by atoms with Gasteiger partial charge < -0.3 is 10.1 Å². The number of carbonyl (C=O) groups is 1. The monoisotopic (exact) mass is 443 g/mol. The number of hydrogen-bond acceptors (Lipinski definition) is 2. The lowest BCUT2D eigenvalue weighted by atomic mass is 10.1. The van der Waals surface area contributed by atoms with Gasteiger partial charge in [0.1, 0.15) is 5.75 Å². The van der Waals surface area contributed by atoms with E-state index in [-0.39, 0.29) is 5.91 Å². The van der Waals surface area contributed by atoms with Gasteiger partial charge in [-0.25, -0.2) is 0 Å². The van der Waals surface area contributed by atoms with E-state index >= 15 is 0 Å². The van der Waals surface area contributed by atoms with Gasteiger partial charge >= 0.3 is 0 Å². The van der Waals surface area contributed by atoms with Crippen molar-refractivity contribution < 1.29 is 9.53 Å². The Labute approximate surface area is 155 Å². The van der Waals surface area contributed by atoms with Crippen LogP contribution in [0.2, 0.25) is 5.02 Å². The first-order valence-corrected chi connectivity index (χ1v) is 8.67. The number of amides is 1. The molecule has 0 aliphatic rings. The summed E-state index contributed by atoms with van der Waals surface area (Å²) in [7, 11) is 0. The third kappa shape index (κ3) is 4.61. The Morgan fingerprint density at radius 2 is 1.74 bits per heavy atom. The molecule has 0 saturated heterocycles. The molecule has 0 saturated carbocycles. The highest BCUT2D eigenvalue weighted by atomic mass is 127. The van der Waals surface area contributed by atoms with Crippen molar-refractivity contribution in [3.63, 3.8) is 0 Å². The lowest BCUT2D eigenvalue weighted by Gasteiger charge is -2.26. The highest BCUT2D eigenvalue weighted by Gasteiger charge is 2.30. The zero-order valence-electron chi connectivity index (χ0n) is 13.5. The van der Waals surface area contributed by atoms with Crippen LogP contribution in [0, 0.1) is 17.4 Å². The molecular formula is C18H19ClINO2. The average molecular weight is 444 g/mol. The first-order chi connectivity index (χ1) is 10.7. The molecule has 0 spiro atoms. The minimum absolute atomic E-state index is 0.198. The van der Waals surface area contributed by atoms with E-state index in [1.165, 1.54) is 3.57 Å². The third-order valence-corrected chi connectivity index (χ3v) is 4.90. The molecule has 5 heteroatoms. The Morgan fingerprint density at radius 3 is 2.35 bits per heavy atom. The summed E-state index contributed by atoms with van der Waals surface area (Å²) in [5.41, 5.74) is 1.95. The molecule has 0 aliphatic carbocycles. The zero-order chi connectivity index (χ0) is 17.2. The van der Waals surface area contributed by atoms with Gasteiger partial charge in [0, 0.05) is 14.3 Å². The van der Waals surface area contributed by atoms with Crippen LogP contribution >= 0.6 is 34.2 Å². The van der Waals surface area contributed by atoms with E-state index in [1.54, 1.807) is 38.1 Å². The summed E-state index contributed by atoms with van der Waals surface area (Å²) in [5.74, 6) is 0.404. The van der Waals surface area contributed by atoms with Gasteiger partial charge in [0.2, 0.25) is 0 Å². The maximum absolute atomic E-state index is 12.6. The van der Waals surface area contributed by atoms with Crippen molar-refractivity contribution in [3.8, 4) is 5.75 Å². The molecular weight excluding hydrogens is 425 g/mol. The number of anilines is 1. The second-order valence-electron chi connectivity index (χ2n) is 5.94. The highest BCUT2D eigenvalue weighted by Crippen LogP contribution is 2.25. The molecule has 0 fully saturated rings. The van der Waals surface area contributed by atoms with Crippen molar-refractivity contribution >= 4 is 45.8 Å². The highest BCUT2D eigenvalue weighted by molar-refractivity contribution is 14.1. The van der Waals surface area contributed by atoms with Gasteiger partial charge in [0.15, 0.2) is 5.60 Å². The Balaban J connectivity index is 2.15. The smallest absolute Gasteiger partial charge is 0.267 e. The lowest BCUT2D eigenvalue weighted by Crippen LogP contribution is -2.42. The third-order valence-electron chi connectivity index (χ3n) is 3.49. The maximum atomic E-state index is 12.6. The van der Waals surface area contributed by atoms with Gasteiger partial charge in [-0.05, 0) is 97.8 Å². The normalized spacial score (nSPS) is 11.2. The van der Waals surface area contributed by atoms with Crippen molar-refractivity contribution in [1.82, 2.24) is 0 Å². The van der Waals surface area contributed by atoms with Crippen LogP contribution in [0.15, 0.2) is 36.4 Å². The van der Waals surface area contributed by atoms with Crippen LogP contribution in [0.3, 0.4) is 0 Å². The fraction of sp³-hybridized carbons (Fsp3) is 0.278. The standard InChI is InChI=1S/C18H19ClINO2/c1-11-10-16(12(2)9-15(11)20)21-17(22)18(3,4)23-14-7-5-13(19)6-8-14/h5-10H,1-4H3,(H,21,22). The van der Waals surface area contributed by atoms with Crippen LogP contribution in [0.25, 0.3) is 0 Å². The van der Waals surface area contributed by atoms with Crippen LogP contribution in [-0.2, 0) is 4.79 Å².